The van der Waals surface area contributed by atoms with E-state index in [9.17, 15) is 4.79 Å². The number of benzene rings is 1. The Morgan fingerprint density at radius 2 is 2.00 bits per heavy atom. The molecule has 0 saturated heterocycles. The molecular weight excluding hydrogens is 276 g/mol. The Morgan fingerprint density at radius 3 is 2.65 bits per heavy atom. The van der Waals surface area contributed by atoms with Crippen LogP contribution in [0.3, 0.4) is 0 Å². The molecule has 0 bridgehead atoms. The van der Waals surface area contributed by atoms with Crippen molar-refractivity contribution in [1.29, 1.82) is 0 Å². The van der Waals surface area contributed by atoms with Crippen LogP contribution < -0.4 is 5.56 Å². The van der Waals surface area contributed by atoms with Gasteiger partial charge in [0.25, 0.3) is 5.56 Å². The predicted octanol–water partition coefficient (Wildman–Crippen LogP) is 2.58. The molecule has 0 spiro atoms. The van der Waals surface area contributed by atoms with Gasteiger partial charge in [0.15, 0.2) is 0 Å². The summed E-state index contributed by atoms with van der Waals surface area (Å²) < 4.78 is 1.34. The van der Waals surface area contributed by atoms with Crippen molar-refractivity contribution in [2.24, 2.45) is 0 Å². The van der Waals surface area contributed by atoms with E-state index >= 15 is 0 Å². The van der Waals surface area contributed by atoms with Gasteiger partial charge >= 0.3 is 0 Å². The van der Waals surface area contributed by atoms with Gasteiger partial charge in [-0.15, -0.1) is 0 Å². The summed E-state index contributed by atoms with van der Waals surface area (Å²) in [5.41, 5.74) is 2.67. The standard InChI is InChI=1S/C14H11ClN4O/c1-9-6-13(10-2-4-11(15)5-3-10)18-19(14(9)20)12-7-16-17-8-12/h2-8H,1H3,(H,16,17). The molecule has 100 valence electrons. The Balaban J connectivity index is 2.19. The van der Waals surface area contributed by atoms with Gasteiger partial charge in [-0.2, -0.15) is 14.9 Å². The number of hydrogen-bond acceptors (Lipinski definition) is 3. The molecule has 0 aliphatic rings. The first-order valence-corrected chi connectivity index (χ1v) is 6.39. The van der Waals surface area contributed by atoms with Crippen molar-refractivity contribution >= 4 is 11.6 Å². The number of nitrogens with zero attached hydrogens (tertiary/aromatic N) is 3. The van der Waals surface area contributed by atoms with E-state index in [0.29, 0.717) is 22.0 Å². The number of H-pyrrole nitrogens is 1. The van der Waals surface area contributed by atoms with Crippen molar-refractivity contribution in [3.63, 3.8) is 0 Å². The zero-order valence-electron chi connectivity index (χ0n) is 10.7. The monoisotopic (exact) mass is 286 g/mol. The van der Waals surface area contributed by atoms with Crippen molar-refractivity contribution < 1.29 is 0 Å². The van der Waals surface area contributed by atoms with Crippen LogP contribution in [0.1, 0.15) is 5.56 Å². The van der Waals surface area contributed by atoms with Crippen LogP contribution >= 0.6 is 11.6 Å². The average Bonchev–Trinajstić information content (AvgIpc) is 2.96. The third-order valence-electron chi connectivity index (χ3n) is 2.96. The maximum absolute atomic E-state index is 12.1. The van der Waals surface area contributed by atoms with Gasteiger partial charge in [0, 0.05) is 22.3 Å². The van der Waals surface area contributed by atoms with Gasteiger partial charge in [-0.25, -0.2) is 0 Å². The smallest absolute Gasteiger partial charge is 0.274 e. The second kappa shape index (κ2) is 4.94. The fraction of sp³-hybridized carbons (Fsp3) is 0.0714. The number of hydrogen-bond donors (Lipinski definition) is 1. The zero-order valence-corrected chi connectivity index (χ0v) is 11.4. The minimum Gasteiger partial charge on any atom is -0.283 e. The molecule has 6 heteroatoms. The van der Waals surface area contributed by atoms with Gasteiger partial charge in [-0.1, -0.05) is 23.7 Å². The van der Waals surface area contributed by atoms with E-state index in [0.717, 1.165) is 5.56 Å². The predicted molar refractivity (Wildman–Crippen MR) is 77.2 cm³/mol. The third-order valence-corrected chi connectivity index (χ3v) is 3.21. The van der Waals surface area contributed by atoms with E-state index in [1.807, 2.05) is 12.1 Å². The highest BCUT2D eigenvalue weighted by atomic mass is 35.5. The fourth-order valence-corrected chi connectivity index (χ4v) is 2.04. The van der Waals surface area contributed by atoms with Crippen molar-refractivity contribution in [3.05, 3.63) is 63.7 Å². The van der Waals surface area contributed by atoms with Gasteiger partial charge in [-0.05, 0) is 25.1 Å². The van der Waals surface area contributed by atoms with Gasteiger partial charge < -0.3 is 0 Å². The van der Waals surface area contributed by atoms with Crippen LogP contribution in [-0.4, -0.2) is 20.0 Å². The largest absolute Gasteiger partial charge is 0.283 e. The SMILES string of the molecule is Cc1cc(-c2ccc(Cl)cc2)nn(-c2cn[nH]c2)c1=O. The number of halogens is 1. The Hall–Kier alpha value is -2.40. The molecule has 1 aromatic carbocycles. The third kappa shape index (κ3) is 2.23. The molecule has 2 heterocycles. The lowest BCUT2D eigenvalue weighted by Gasteiger charge is -2.07. The molecule has 0 aliphatic carbocycles. The van der Waals surface area contributed by atoms with E-state index in [2.05, 4.69) is 15.3 Å². The van der Waals surface area contributed by atoms with E-state index in [1.165, 1.54) is 4.68 Å². The summed E-state index contributed by atoms with van der Waals surface area (Å²) in [4.78, 5) is 12.1. The number of aromatic nitrogens is 4. The van der Waals surface area contributed by atoms with Crippen LogP contribution in [0.2, 0.25) is 5.02 Å². The molecule has 0 aliphatic heterocycles. The Labute approximate surface area is 119 Å². The summed E-state index contributed by atoms with van der Waals surface area (Å²) in [6.07, 6.45) is 3.18. The van der Waals surface area contributed by atoms with Gasteiger partial charge in [0.2, 0.25) is 0 Å². The van der Waals surface area contributed by atoms with Crippen LogP contribution in [0, 0.1) is 6.92 Å². The topological polar surface area (TPSA) is 63.6 Å². The summed E-state index contributed by atoms with van der Waals surface area (Å²) in [5, 5.41) is 11.6. The maximum Gasteiger partial charge on any atom is 0.274 e. The lowest BCUT2D eigenvalue weighted by atomic mass is 10.1. The van der Waals surface area contributed by atoms with Crippen molar-refractivity contribution in [3.8, 4) is 16.9 Å². The summed E-state index contributed by atoms with van der Waals surface area (Å²) in [6.45, 7) is 1.76. The van der Waals surface area contributed by atoms with Crippen molar-refractivity contribution in [2.75, 3.05) is 0 Å². The normalized spacial score (nSPS) is 10.7. The number of aryl methyl sites for hydroxylation is 1. The van der Waals surface area contributed by atoms with E-state index in [1.54, 1.807) is 37.5 Å². The van der Waals surface area contributed by atoms with Crippen LogP contribution in [0.15, 0.2) is 47.5 Å². The molecule has 0 unspecified atom stereocenters. The molecular formula is C14H11ClN4O. The molecule has 0 amide bonds. The Morgan fingerprint density at radius 1 is 1.25 bits per heavy atom. The molecule has 3 rings (SSSR count). The van der Waals surface area contributed by atoms with Gasteiger partial charge in [0.05, 0.1) is 11.9 Å². The van der Waals surface area contributed by atoms with Crippen molar-refractivity contribution in [1.82, 2.24) is 20.0 Å². The number of aromatic amines is 1. The van der Waals surface area contributed by atoms with Crippen LogP contribution in [0.5, 0.6) is 0 Å². The summed E-state index contributed by atoms with van der Waals surface area (Å²) in [5.74, 6) is 0. The first-order valence-electron chi connectivity index (χ1n) is 6.01. The van der Waals surface area contributed by atoms with Gasteiger partial charge in [0.1, 0.15) is 5.69 Å². The molecule has 2 aromatic heterocycles. The lowest BCUT2D eigenvalue weighted by molar-refractivity contribution is 0.803. The van der Waals surface area contributed by atoms with Crippen LogP contribution in [-0.2, 0) is 0 Å². The van der Waals surface area contributed by atoms with E-state index in [-0.39, 0.29) is 5.56 Å². The minimum atomic E-state index is -0.163. The molecule has 1 N–H and O–H groups in total. The molecule has 0 radical (unpaired) electrons. The van der Waals surface area contributed by atoms with Crippen LogP contribution in [0.25, 0.3) is 16.9 Å². The number of nitrogens with one attached hydrogen (secondary N) is 1. The summed E-state index contributed by atoms with van der Waals surface area (Å²) in [7, 11) is 0. The zero-order chi connectivity index (χ0) is 14.1. The first-order chi connectivity index (χ1) is 9.65. The van der Waals surface area contributed by atoms with Crippen LogP contribution in [0.4, 0.5) is 0 Å². The quantitative estimate of drug-likeness (QED) is 0.787. The first kappa shape index (κ1) is 12.6. The van der Waals surface area contributed by atoms with E-state index < -0.39 is 0 Å². The minimum absolute atomic E-state index is 0.163. The summed E-state index contributed by atoms with van der Waals surface area (Å²) >= 11 is 5.88. The lowest BCUT2D eigenvalue weighted by Crippen LogP contribution is -2.23. The molecule has 0 atom stereocenters. The highest BCUT2D eigenvalue weighted by Crippen LogP contribution is 2.19. The molecule has 3 aromatic rings. The average molecular weight is 287 g/mol. The van der Waals surface area contributed by atoms with Crippen molar-refractivity contribution in [2.45, 2.75) is 6.92 Å². The molecule has 20 heavy (non-hydrogen) atoms. The molecule has 5 nitrogen and oxygen atoms in total. The number of rotatable bonds is 2. The maximum atomic E-state index is 12.1. The fourth-order valence-electron chi connectivity index (χ4n) is 1.91. The Kier molecular flexibility index (Phi) is 3.12. The molecule has 0 saturated carbocycles. The second-order valence-electron chi connectivity index (χ2n) is 4.39. The van der Waals surface area contributed by atoms with E-state index in [4.69, 9.17) is 11.6 Å². The second-order valence-corrected chi connectivity index (χ2v) is 4.83. The molecule has 0 fully saturated rings. The highest BCUT2D eigenvalue weighted by Gasteiger charge is 2.09. The van der Waals surface area contributed by atoms with Gasteiger partial charge in [-0.3, -0.25) is 9.89 Å². The highest BCUT2D eigenvalue weighted by molar-refractivity contribution is 6.30. The Bertz CT molecular complexity index is 791. The summed E-state index contributed by atoms with van der Waals surface area (Å²) in [6, 6.07) is 9.09.